The summed E-state index contributed by atoms with van der Waals surface area (Å²) in [4.78, 5) is 2.41. The van der Waals surface area contributed by atoms with Crippen LogP contribution in [0.1, 0.15) is 36.4 Å². The highest BCUT2D eigenvalue weighted by atomic mass is 19.1. The first kappa shape index (κ1) is 13.1. The molecule has 1 aliphatic carbocycles. The molecule has 2 aliphatic rings. The van der Waals surface area contributed by atoms with Crippen LogP contribution in [0.4, 0.5) is 4.39 Å². The summed E-state index contributed by atoms with van der Waals surface area (Å²) in [5.41, 5.74) is 2.12. The number of nitrogens with one attached hydrogen (secondary N) is 1. The number of rotatable bonds is 3. The fourth-order valence-corrected chi connectivity index (χ4v) is 3.57. The Morgan fingerprint density at radius 2 is 2.26 bits per heavy atom. The third-order valence-electron chi connectivity index (χ3n) is 4.59. The lowest BCUT2D eigenvalue weighted by atomic mass is 9.97. The van der Waals surface area contributed by atoms with Crippen molar-refractivity contribution in [1.82, 2.24) is 10.2 Å². The highest BCUT2D eigenvalue weighted by Crippen LogP contribution is 2.32. The Kier molecular flexibility index (Phi) is 3.85. The molecule has 1 heterocycles. The number of hydrogen-bond donors (Lipinski definition) is 1. The number of halogens is 1. The summed E-state index contributed by atoms with van der Waals surface area (Å²) in [5.74, 6) is 0.718. The van der Waals surface area contributed by atoms with E-state index in [4.69, 9.17) is 0 Å². The van der Waals surface area contributed by atoms with Gasteiger partial charge in [0.25, 0.3) is 0 Å². The molecule has 0 radical (unpaired) electrons. The van der Waals surface area contributed by atoms with Gasteiger partial charge in [0.2, 0.25) is 0 Å². The van der Waals surface area contributed by atoms with Crippen molar-refractivity contribution < 1.29 is 4.39 Å². The minimum absolute atomic E-state index is 0.0285. The van der Waals surface area contributed by atoms with E-state index in [1.54, 1.807) is 6.07 Å². The van der Waals surface area contributed by atoms with Gasteiger partial charge in [-0.1, -0.05) is 12.1 Å². The molecule has 3 rings (SSSR count). The largest absolute Gasteiger partial charge is 0.310 e. The quantitative estimate of drug-likeness (QED) is 0.901. The van der Waals surface area contributed by atoms with Crippen molar-refractivity contribution in [3.8, 4) is 0 Å². The fourth-order valence-electron chi connectivity index (χ4n) is 3.57. The van der Waals surface area contributed by atoms with Crippen LogP contribution in [0.3, 0.4) is 0 Å². The van der Waals surface area contributed by atoms with Gasteiger partial charge < -0.3 is 10.2 Å². The molecule has 2 atom stereocenters. The van der Waals surface area contributed by atoms with Gasteiger partial charge in [0.15, 0.2) is 0 Å². The topological polar surface area (TPSA) is 15.3 Å². The SMILES string of the molecule is CN1CCCC(CNC2CCc3c(F)cccc32)C1. The Labute approximate surface area is 115 Å². The van der Waals surface area contributed by atoms with E-state index in [-0.39, 0.29) is 5.82 Å². The molecule has 0 amide bonds. The molecule has 1 aromatic carbocycles. The van der Waals surface area contributed by atoms with E-state index in [2.05, 4.69) is 23.3 Å². The molecule has 2 unspecified atom stereocenters. The van der Waals surface area contributed by atoms with E-state index in [1.165, 1.54) is 31.5 Å². The summed E-state index contributed by atoms with van der Waals surface area (Å²) >= 11 is 0. The van der Waals surface area contributed by atoms with Gasteiger partial charge in [-0.25, -0.2) is 4.39 Å². The highest BCUT2D eigenvalue weighted by molar-refractivity contribution is 5.35. The van der Waals surface area contributed by atoms with Gasteiger partial charge in [0.1, 0.15) is 5.82 Å². The van der Waals surface area contributed by atoms with Crippen molar-refractivity contribution in [2.24, 2.45) is 5.92 Å². The average Bonchev–Trinajstić information content (AvgIpc) is 2.81. The Morgan fingerprint density at radius 1 is 1.37 bits per heavy atom. The molecule has 3 heteroatoms. The Morgan fingerprint density at radius 3 is 3.11 bits per heavy atom. The lowest BCUT2D eigenvalue weighted by Gasteiger charge is -2.30. The van der Waals surface area contributed by atoms with Crippen LogP contribution in [-0.4, -0.2) is 31.6 Å². The van der Waals surface area contributed by atoms with Crippen molar-refractivity contribution in [2.75, 3.05) is 26.7 Å². The van der Waals surface area contributed by atoms with Crippen LogP contribution in [0.2, 0.25) is 0 Å². The molecule has 1 aliphatic heterocycles. The number of piperidine rings is 1. The van der Waals surface area contributed by atoms with Crippen LogP contribution in [0, 0.1) is 11.7 Å². The average molecular weight is 262 g/mol. The molecule has 0 bridgehead atoms. The van der Waals surface area contributed by atoms with Gasteiger partial charge in [-0.2, -0.15) is 0 Å². The molecular weight excluding hydrogens is 239 g/mol. The lowest BCUT2D eigenvalue weighted by Crippen LogP contribution is -2.38. The highest BCUT2D eigenvalue weighted by Gasteiger charge is 2.25. The van der Waals surface area contributed by atoms with Crippen LogP contribution in [0.25, 0.3) is 0 Å². The molecule has 2 nitrogen and oxygen atoms in total. The summed E-state index contributed by atoms with van der Waals surface area (Å²) in [6.45, 7) is 3.48. The van der Waals surface area contributed by atoms with Crippen LogP contribution in [0.15, 0.2) is 18.2 Å². The van der Waals surface area contributed by atoms with Crippen LogP contribution < -0.4 is 5.32 Å². The van der Waals surface area contributed by atoms with Crippen molar-refractivity contribution in [3.63, 3.8) is 0 Å². The molecule has 19 heavy (non-hydrogen) atoms. The normalized spacial score (nSPS) is 27.5. The summed E-state index contributed by atoms with van der Waals surface area (Å²) in [6.07, 6.45) is 4.54. The zero-order chi connectivity index (χ0) is 13.2. The predicted molar refractivity (Wildman–Crippen MR) is 75.7 cm³/mol. The predicted octanol–water partition coefficient (Wildman–Crippen LogP) is 2.74. The van der Waals surface area contributed by atoms with Gasteiger partial charge in [-0.3, -0.25) is 0 Å². The molecule has 1 N–H and O–H groups in total. The maximum absolute atomic E-state index is 13.7. The zero-order valence-electron chi connectivity index (χ0n) is 11.7. The summed E-state index contributed by atoms with van der Waals surface area (Å²) < 4.78 is 13.7. The van der Waals surface area contributed by atoms with Gasteiger partial charge in [-0.05, 0) is 68.9 Å². The van der Waals surface area contributed by atoms with Crippen LogP contribution in [-0.2, 0) is 6.42 Å². The summed E-state index contributed by atoms with van der Waals surface area (Å²) in [5, 5.41) is 3.66. The molecule has 0 saturated carbocycles. The lowest BCUT2D eigenvalue weighted by molar-refractivity contribution is 0.202. The number of fused-ring (bicyclic) bond motifs is 1. The van der Waals surface area contributed by atoms with Crippen molar-refractivity contribution in [1.29, 1.82) is 0 Å². The van der Waals surface area contributed by atoms with Crippen molar-refractivity contribution in [3.05, 3.63) is 35.1 Å². The fraction of sp³-hybridized carbons (Fsp3) is 0.625. The Balaban J connectivity index is 1.59. The molecule has 1 aromatic rings. The smallest absolute Gasteiger partial charge is 0.126 e. The van der Waals surface area contributed by atoms with E-state index in [0.29, 0.717) is 6.04 Å². The maximum atomic E-state index is 13.7. The Bertz CT molecular complexity index is 446. The minimum atomic E-state index is -0.0285. The summed E-state index contributed by atoms with van der Waals surface area (Å²) in [7, 11) is 2.20. The first-order valence-electron chi connectivity index (χ1n) is 7.43. The van der Waals surface area contributed by atoms with Crippen LogP contribution >= 0.6 is 0 Å². The van der Waals surface area contributed by atoms with E-state index in [9.17, 15) is 4.39 Å². The van der Waals surface area contributed by atoms with E-state index >= 15 is 0 Å². The number of benzene rings is 1. The molecule has 1 saturated heterocycles. The second kappa shape index (κ2) is 5.59. The maximum Gasteiger partial charge on any atom is 0.126 e. The van der Waals surface area contributed by atoms with Crippen molar-refractivity contribution in [2.45, 2.75) is 31.7 Å². The van der Waals surface area contributed by atoms with Gasteiger partial charge in [0.05, 0.1) is 0 Å². The Hall–Kier alpha value is -0.930. The second-order valence-electron chi connectivity index (χ2n) is 6.08. The first-order chi connectivity index (χ1) is 9.24. The van der Waals surface area contributed by atoms with Gasteiger partial charge >= 0.3 is 0 Å². The number of hydrogen-bond acceptors (Lipinski definition) is 2. The molecule has 0 spiro atoms. The van der Waals surface area contributed by atoms with Gasteiger partial charge in [-0.15, -0.1) is 0 Å². The zero-order valence-corrected chi connectivity index (χ0v) is 11.7. The molecular formula is C16H23FN2. The third kappa shape index (κ3) is 2.82. The minimum Gasteiger partial charge on any atom is -0.310 e. The second-order valence-corrected chi connectivity index (χ2v) is 6.08. The standard InChI is InChI=1S/C16H23FN2/c1-19-9-3-4-12(11-19)10-18-16-8-7-13-14(16)5-2-6-15(13)17/h2,5-6,12,16,18H,3-4,7-11H2,1H3. The third-order valence-corrected chi connectivity index (χ3v) is 4.59. The molecule has 1 fully saturated rings. The van der Waals surface area contributed by atoms with E-state index < -0.39 is 0 Å². The van der Waals surface area contributed by atoms with E-state index in [0.717, 1.165) is 30.9 Å². The first-order valence-corrected chi connectivity index (χ1v) is 7.43. The monoisotopic (exact) mass is 262 g/mol. The molecule has 0 aromatic heterocycles. The molecule has 104 valence electrons. The number of likely N-dealkylation sites (tertiary alicyclic amines) is 1. The van der Waals surface area contributed by atoms with E-state index in [1.807, 2.05) is 6.07 Å². The summed E-state index contributed by atoms with van der Waals surface area (Å²) in [6, 6.07) is 5.86. The van der Waals surface area contributed by atoms with Crippen molar-refractivity contribution >= 4 is 0 Å². The number of nitrogens with zero attached hydrogens (tertiary/aromatic N) is 1. The van der Waals surface area contributed by atoms with Crippen LogP contribution in [0.5, 0.6) is 0 Å². The van der Waals surface area contributed by atoms with Gasteiger partial charge in [0, 0.05) is 12.6 Å².